The third kappa shape index (κ3) is 5.19. The lowest BCUT2D eigenvalue weighted by Gasteiger charge is -2.37. The van der Waals surface area contributed by atoms with Gasteiger partial charge in [0.05, 0.1) is 0 Å². The molecule has 3 aliphatic heterocycles. The SMILES string of the molecule is CN1CCC(CCN2CCC(CN3CCNCC3)CC2)CC1. The van der Waals surface area contributed by atoms with Gasteiger partial charge in [-0.05, 0) is 83.7 Å². The van der Waals surface area contributed by atoms with Crippen molar-refractivity contribution in [1.82, 2.24) is 20.0 Å². The van der Waals surface area contributed by atoms with Gasteiger partial charge in [0.25, 0.3) is 0 Å². The van der Waals surface area contributed by atoms with Gasteiger partial charge in [0.2, 0.25) is 0 Å². The molecular formula is C18H36N4. The van der Waals surface area contributed by atoms with Crippen LogP contribution in [-0.4, -0.2) is 87.2 Å². The monoisotopic (exact) mass is 308 g/mol. The third-order valence-corrected chi connectivity index (χ3v) is 6.12. The summed E-state index contributed by atoms with van der Waals surface area (Å²) in [4.78, 5) is 7.90. The van der Waals surface area contributed by atoms with E-state index in [1.54, 1.807) is 0 Å². The van der Waals surface area contributed by atoms with Gasteiger partial charge >= 0.3 is 0 Å². The number of hydrogen-bond acceptors (Lipinski definition) is 4. The van der Waals surface area contributed by atoms with Crippen LogP contribution in [0.5, 0.6) is 0 Å². The molecule has 3 fully saturated rings. The highest BCUT2D eigenvalue weighted by molar-refractivity contribution is 4.78. The van der Waals surface area contributed by atoms with E-state index in [0.29, 0.717) is 0 Å². The predicted molar refractivity (Wildman–Crippen MR) is 93.3 cm³/mol. The Morgan fingerprint density at radius 1 is 0.773 bits per heavy atom. The molecule has 0 aliphatic carbocycles. The molecule has 0 aromatic rings. The first-order chi connectivity index (χ1) is 10.8. The van der Waals surface area contributed by atoms with Gasteiger partial charge in [-0.1, -0.05) is 0 Å². The molecule has 0 radical (unpaired) electrons. The Morgan fingerprint density at radius 2 is 1.41 bits per heavy atom. The summed E-state index contributed by atoms with van der Waals surface area (Å²) in [6.45, 7) is 12.9. The van der Waals surface area contributed by atoms with Crippen LogP contribution in [0.2, 0.25) is 0 Å². The van der Waals surface area contributed by atoms with Crippen LogP contribution in [0.1, 0.15) is 32.1 Å². The van der Waals surface area contributed by atoms with E-state index in [2.05, 4.69) is 27.1 Å². The molecule has 0 unspecified atom stereocenters. The maximum Gasteiger partial charge on any atom is 0.0107 e. The van der Waals surface area contributed by atoms with E-state index in [0.717, 1.165) is 11.8 Å². The lowest BCUT2D eigenvalue weighted by molar-refractivity contribution is 0.124. The van der Waals surface area contributed by atoms with E-state index in [9.17, 15) is 0 Å². The van der Waals surface area contributed by atoms with Gasteiger partial charge in [0.1, 0.15) is 0 Å². The Balaban J connectivity index is 1.28. The zero-order chi connectivity index (χ0) is 15.2. The Bertz CT molecular complexity index is 300. The normalized spacial score (nSPS) is 28.2. The minimum atomic E-state index is 0.956. The molecule has 22 heavy (non-hydrogen) atoms. The summed E-state index contributed by atoms with van der Waals surface area (Å²) in [5, 5.41) is 3.46. The molecule has 3 aliphatic rings. The molecule has 0 atom stereocenters. The average molecular weight is 309 g/mol. The van der Waals surface area contributed by atoms with Crippen molar-refractivity contribution in [2.24, 2.45) is 11.8 Å². The lowest BCUT2D eigenvalue weighted by atomic mass is 9.92. The Hall–Kier alpha value is -0.160. The van der Waals surface area contributed by atoms with Crippen LogP contribution >= 0.6 is 0 Å². The van der Waals surface area contributed by atoms with E-state index in [4.69, 9.17) is 0 Å². The molecule has 3 heterocycles. The van der Waals surface area contributed by atoms with E-state index in [1.807, 2.05) is 0 Å². The number of piperidine rings is 2. The molecule has 0 aromatic carbocycles. The number of nitrogens with zero attached hydrogens (tertiary/aromatic N) is 3. The standard InChI is InChI=1S/C18H36N4/c1-20-9-2-17(3-10-20)4-11-21-12-5-18(6-13-21)16-22-14-7-19-8-15-22/h17-19H,2-16H2,1H3. The van der Waals surface area contributed by atoms with Crippen LogP contribution in [0.25, 0.3) is 0 Å². The van der Waals surface area contributed by atoms with Crippen molar-refractivity contribution in [3.8, 4) is 0 Å². The summed E-state index contributed by atoms with van der Waals surface area (Å²) in [6, 6.07) is 0. The van der Waals surface area contributed by atoms with Crippen LogP contribution < -0.4 is 5.32 Å². The fourth-order valence-electron chi connectivity index (χ4n) is 4.37. The van der Waals surface area contributed by atoms with Crippen molar-refractivity contribution in [3.63, 3.8) is 0 Å². The van der Waals surface area contributed by atoms with Crippen LogP contribution in [0.15, 0.2) is 0 Å². The van der Waals surface area contributed by atoms with Crippen molar-refractivity contribution in [1.29, 1.82) is 0 Å². The van der Waals surface area contributed by atoms with E-state index >= 15 is 0 Å². The van der Waals surface area contributed by atoms with Gasteiger partial charge < -0.3 is 20.0 Å². The Morgan fingerprint density at radius 3 is 2.09 bits per heavy atom. The van der Waals surface area contributed by atoms with Crippen LogP contribution in [0.3, 0.4) is 0 Å². The number of hydrogen-bond donors (Lipinski definition) is 1. The van der Waals surface area contributed by atoms with E-state index in [-0.39, 0.29) is 0 Å². The number of likely N-dealkylation sites (tertiary alicyclic amines) is 2. The number of rotatable bonds is 5. The minimum Gasteiger partial charge on any atom is -0.314 e. The summed E-state index contributed by atoms with van der Waals surface area (Å²) >= 11 is 0. The average Bonchev–Trinajstić information content (AvgIpc) is 2.57. The van der Waals surface area contributed by atoms with Gasteiger partial charge in [0.15, 0.2) is 0 Å². The summed E-state index contributed by atoms with van der Waals surface area (Å²) < 4.78 is 0. The second-order valence-electron chi connectivity index (χ2n) is 7.87. The quantitative estimate of drug-likeness (QED) is 0.827. The lowest BCUT2D eigenvalue weighted by Crippen LogP contribution is -2.47. The van der Waals surface area contributed by atoms with Gasteiger partial charge in [-0.25, -0.2) is 0 Å². The first-order valence-corrected chi connectivity index (χ1v) is 9.63. The summed E-state index contributed by atoms with van der Waals surface area (Å²) in [7, 11) is 2.26. The van der Waals surface area contributed by atoms with Crippen LogP contribution in [0.4, 0.5) is 0 Å². The summed E-state index contributed by atoms with van der Waals surface area (Å²) in [5.74, 6) is 1.95. The smallest absolute Gasteiger partial charge is 0.0107 e. The van der Waals surface area contributed by atoms with Gasteiger partial charge in [0, 0.05) is 32.7 Å². The fraction of sp³-hybridized carbons (Fsp3) is 1.00. The Labute approximate surface area is 137 Å². The summed E-state index contributed by atoms with van der Waals surface area (Å²) in [5.41, 5.74) is 0. The summed E-state index contributed by atoms with van der Waals surface area (Å²) in [6.07, 6.45) is 7.15. The van der Waals surface area contributed by atoms with Crippen molar-refractivity contribution < 1.29 is 0 Å². The first-order valence-electron chi connectivity index (χ1n) is 9.63. The largest absolute Gasteiger partial charge is 0.314 e. The second kappa shape index (κ2) is 8.62. The molecule has 0 aromatic heterocycles. The molecule has 128 valence electrons. The molecule has 4 heteroatoms. The fourth-order valence-corrected chi connectivity index (χ4v) is 4.37. The predicted octanol–water partition coefficient (Wildman–Crippen LogP) is 1.34. The number of piperazine rings is 1. The third-order valence-electron chi connectivity index (χ3n) is 6.12. The van der Waals surface area contributed by atoms with Gasteiger partial charge in [-0.3, -0.25) is 0 Å². The molecule has 0 amide bonds. The zero-order valence-corrected chi connectivity index (χ0v) is 14.6. The van der Waals surface area contributed by atoms with E-state index in [1.165, 1.54) is 97.6 Å². The maximum atomic E-state index is 3.46. The van der Waals surface area contributed by atoms with Crippen LogP contribution in [-0.2, 0) is 0 Å². The topological polar surface area (TPSA) is 21.8 Å². The molecule has 0 bridgehead atoms. The highest BCUT2D eigenvalue weighted by Gasteiger charge is 2.23. The van der Waals surface area contributed by atoms with Crippen molar-refractivity contribution in [2.45, 2.75) is 32.1 Å². The molecular weight excluding hydrogens is 272 g/mol. The van der Waals surface area contributed by atoms with Crippen LogP contribution in [0, 0.1) is 11.8 Å². The van der Waals surface area contributed by atoms with Gasteiger partial charge in [-0.2, -0.15) is 0 Å². The van der Waals surface area contributed by atoms with Crippen molar-refractivity contribution in [2.75, 3.05) is 72.5 Å². The second-order valence-corrected chi connectivity index (χ2v) is 7.87. The molecule has 4 nitrogen and oxygen atoms in total. The highest BCUT2D eigenvalue weighted by Crippen LogP contribution is 2.23. The molecule has 1 N–H and O–H groups in total. The van der Waals surface area contributed by atoms with Gasteiger partial charge in [-0.15, -0.1) is 0 Å². The van der Waals surface area contributed by atoms with Crippen molar-refractivity contribution in [3.05, 3.63) is 0 Å². The zero-order valence-electron chi connectivity index (χ0n) is 14.6. The van der Waals surface area contributed by atoms with Crippen molar-refractivity contribution >= 4 is 0 Å². The molecule has 0 saturated carbocycles. The minimum absolute atomic E-state index is 0.956. The Kier molecular flexibility index (Phi) is 6.54. The molecule has 3 saturated heterocycles. The van der Waals surface area contributed by atoms with E-state index < -0.39 is 0 Å². The molecule has 0 spiro atoms. The maximum absolute atomic E-state index is 3.46. The highest BCUT2D eigenvalue weighted by atomic mass is 15.2. The molecule has 3 rings (SSSR count). The number of nitrogens with one attached hydrogen (secondary N) is 1. The first kappa shape index (κ1) is 16.7.